The molecule has 3 rings (SSSR count). The summed E-state index contributed by atoms with van der Waals surface area (Å²) in [6.07, 6.45) is 2.48. The Bertz CT molecular complexity index is 964. The Morgan fingerprint density at radius 3 is 2.64 bits per heavy atom. The van der Waals surface area contributed by atoms with Gasteiger partial charge in [-0.2, -0.15) is 0 Å². The number of benzene rings is 2. The Labute approximate surface area is 191 Å². The Kier molecular flexibility index (Phi) is 7.31. The predicted octanol–water partition coefficient (Wildman–Crippen LogP) is 6.62. The fourth-order valence-corrected chi connectivity index (χ4v) is 4.61. The molecular weight excluding hydrogens is 532 g/mol. The molecule has 0 bridgehead atoms. The number of ether oxygens (including phenoxy) is 1. The first-order valence-corrected chi connectivity index (χ1v) is 11.2. The summed E-state index contributed by atoms with van der Waals surface area (Å²) >= 11 is 15.2. The highest BCUT2D eigenvalue weighted by molar-refractivity contribution is 14.1. The van der Waals surface area contributed by atoms with Crippen LogP contribution in [-0.2, 0) is 11.4 Å². The average molecular weight is 548 g/mol. The molecule has 0 aromatic heterocycles. The van der Waals surface area contributed by atoms with Crippen LogP contribution in [0.25, 0.3) is 6.08 Å². The summed E-state index contributed by atoms with van der Waals surface area (Å²) in [5.41, 5.74) is 1.68. The van der Waals surface area contributed by atoms with Gasteiger partial charge in [-0.3, -0.25) is 14.5 Å². The predicted molar refractivity (Wildman–Crippen MR) is 123 cm³/mol. The highest BCUT2D eigenvalue weighted by atomic mass is 127. The van der Waals surface area contributed by atoms with Crippen molar-refractivity contribution in [3.63, 3.8) is 0 Å². The fourth-order valence-electron chi connectivity index (χ4n) is 2.59. The lowest BCUT2D eigenvalue weighted by molar-refractivity contribution is -0.122. The van der Waals surface area contributed by atoms with Gasteiger partial charge in [0.2, 0.25) is 0 Å². The van der Waals surface area contributed by atoms with Crippen molar-refractivity contribution in [2.75, 3.05) is 6.54 Å². The first kappa shape index (κ1) is 21.5. The number of carbonyl (C=O) groups is 2. The van der Waals surface area contributed by atoms with E-state index in [1.54, 1.807) is 18.2 Å². The number of imide groups is 1. The van der Waals surface area contributed by atoms with E-state index >= 15 is 0 Å². The van der Waals surface area contributed by atoms with Gasteiger partial charge in [0.25, 0.3) is 11.1 Å². The second kappa shape index (κ2) is 9.52. The minimum absolute atomic E-state index is 0.215. The standard InChI is InChI=1S/C20H16Cl2INO3S/c1-2-7-24-19(25)18(28-20(24)26)9-12-3-6-17(16(23)8-12)27-11-13-4-5-14(21)10-15(13)22/h3-6,8-10H,2,7,11H2,1H3/b18-9+. The molecule has 0 radical (unpaired) electrons. The highest BCUT2D eigenvalue weighted by Crippen LogP contribution is 2.33. The van der Waals surface area contributed by atoms with Crippen LogP contribution >= 0.6 is 57.6 Å². The Hall–Kier alpha value is -1.22. The van der Waals surface area contributed by atoms with E-state index in [-0.39, 0.29) is 11.1 Å². The molecule has 1 saturated heterocycles. The second-order valence-corrected chi connectivity index (χ2v) is 9.05. The van der Waals surface area contributed by atoms with E-state index in [1.807, 2.05) is 31.2 Å². The molecule has 0 aliphatic carbocycles. The first-order valence-electron chi connectivity index (χ1n) is 8.50. The third-order valence-electron chi connectivity index (χ3n) is 3.97. The maximum Gasteiger partial charge on any atom is 0.293 e. The molecule has 0 saturated carbocycles. The van der Waals surface area contributed by atoms with Crippen LogP contribution in [0.3, 0.4) is 0 Å². The van der Waals surface area contributed by atoms with Crippen molar-refractivity contribution in [1.29, 1.82) is 0 Å². The van der Waals surface area contributed by atoms with Gasteiger partial charge in [0.05, 0.1) is 8.48 Å². The molecule has 0 atom stereocenters. The molecular formula is C20H16Cl2INO3S. The Balaban J connectivity index is 1.72. The van der Waals surface area contributed by atoms with Crippen molar-refractivity contribution in [3.8, 4) is 5.75 Å². The molecule has 2 aromatic carbocycles. The van der Waals surface area contributed by atoms with Gasteiger partial charge in [-0.25, -0.2) is 0 Å². The van der Waals surface area contributed by atoms with E-state index in [0.29, 0.717) is 33.9 Å². The van der Waals surface area contributed by atoms with Gasteiger partial charge in [0.1, 0.15) is 12.4 Å². The summed E-state index contributed by atoms with van der Waals surface area (Å²) < 4.78 is 6.76. The third-order valence-corrected chi connectivity index (χ3v) is 6.31. The second-order valence-electron chi connectivity index (χ2n) is 6.05. The zero-order chi connectivity index (χ0) is 20.3. The molecule has 1 heterocycles. The van der Waals surface area contributed by atoms with Crippen molar-refractivity contribution in [1.82, 2.24) is 4.90 Å². The van der Waals surface area contributed by atoms with Crippen molar-refractivity contribution in [2.45, 2.75) is 20.0 Å². The Morgan fingerprint density at radius 1 is 1.18 bits per heavy atom. The molecule has 1 aliphatic rings. The molecule has 1 fully saturated rings. The van der Waals surface area contributed by atoms with Crippen LogP contribution in [0.15, 0.2) is 41.3 Å². The van der Waals surface area contributed by atoms with Crippen LogP contribution in [0.2, 0.25) is 10.0 Å². The van der Waals surface area contributed by atoms with Crippen LogP contribution in [0.1, 0.15) is 24.5 Å². The molecule has 0 unspecified atom stereocenters. The van der Waals surface area contributed by atoms with Gasteiger partial charge >= 0.3 is 0 Å². The van der Waals surface area contributed by atoms with Crippen molar-refractivity contribution >= 4 is 74.8 Å². The molecule has 1 aliphatic heterocycles. The SMILES string of the molecule is CCCN1C(=O)S/C(=C/c2ccc(OCc3ccc(Cl)cc3Cl)c(I)c2)C1=O. The number of nitrogens with zero attached hydrogens (tertiary/aromatic N) is 1. The highest BCUT2D eigenvalue weighted by Gasteiger charge is 2.34. The van der Waals surface area contributed by atoms with Crippen LogP contribution in [0, 0.1) is 3.57 Å². The number of hydrogen-bond donors (Lipinski definition) is 0. The van der Waals surface area contributed by atoms with E-state index in [1.165, 1.54) is 4.90 Å². The maximum absolute atomic E-state index is 12.3. The lowest BCUT2D eigenvalue weighted by atomic mass is 10.2. The number of hydrogen-bond acceptors (Lipinski definition) is 4. The largest absolute Gasteiger partial charge is 0.488 e. The molecule has 2 amide bonds. The molecule has 4 nitrogen and oxygen atoms in total. The summed E-state index contributed by atoms with van der Waals surface area (Å²) in [6.45, 7) is 2.70. The van der Waals surface area contributed by atoms with E-state index in [9.17, 15) is 9.59 Å². The Morgan fingerprint density at radius 2 is 1.96 bits per heavy atom. The molecule has 0 N–H and O–H groups in total. The number of halogens is 3. The van der Waals surface area contributed by atoms with Gasteiger partial charge in [0, 0.05) is 22.2 Å². The molecule has 8 heteroatoms. The van der Waals surface area contributed by atoms with Gasteiger partial charge in [-0.05, 0) is 76.7 Å². The fraction of sp³-hybridized carbons (Fsp3) is 0.200. The molecule has 28 heavy (non-hydrogen) atoms. The normalized spacial score (nSPS) is 15.6. The van der Waals surface area contributed by atoms with Crippen LogP contribution < -0.4 is 4.74 Å². The number of rotatable bonds is 6. The molecule has 0 spiro atoms. The number of carbonyl (C=O) groups excluding carboxylic acids is 2. The average Bonchev–Trinajstić information content (AvgIpc) is 2.90. The van der Waals surface area contributed by atoms with E-state index in [0.717, 1.165) is 32.9 Å². The lowest BCUT2D eigenvalue weighted by Gasteiger charge is -2.11. The lowest BCUT2D eigenvalue weighted by Crippen LogP contribution is -2.28. The smallest absolute Gasteiger partial charge is 0.293 e. The van der Waals surface area contributed by atoms with Gasteiger partial charge < -0.3 is 4.74 Å². The summed E-state index contributed by atoms with van der Waals surface area (Å²) in [5, 5.41) is 0.922. The van der Waals surface area contributed by atoms with Gasteiger partial charge in [0.15, 0.2) is 0 Å². The van der Waals surface area contributed by atoms with Crippen molar-refractivity contribution in [3.05, 3.63) is 66.0 Å². The minimum Gasteiger partial charge on any atom is -0.488 e. The summed E-state index contributed by atoms with van der Waals surface area (Å²) in [7, 11) is 0. The zero-order valence-electron chi connectivity index (χ0n) is 14.9. The number of thioether (sulfide) groups is 1. The van der Waals surface area contributed by atoms with Crippen molar-refractivity contribution in [2.24, 2.45) is 0 Å². The van der Waals surface area contributed by atoms with Crippen molar-refractivity contribution < 1.29 is 14.3 Å². The van der Waals surface area contributed by atoms with E-state index in [4.69, 9.17) is 27.9 Å². The third kappa shape index (κ3) is 5.03. The molecule has 2 aromatic rings. The van der Waals surface area contributed by atoms with Gasteiger partial charge in [-0.1, -0.05) is 42.3 Å². The quantitative estimate of drug-likeness (QED) is 0.301. The van der Waals surface area contributed by atoms with Crippen LogP contribution in [0.5, 0.6) is 5.75 Å². The van der Waals surface area contributed by atoms with Crippen LogP contribution in [0.4, 0.5) is 4.79 Å². The monoisotopic (exact) mass is 547 g/mol. The van der Waals surface area contributed by atoms with Gasteiger partial charge in [-0.15, -0.1) is 0 Å². The van der Waals surface area contributed by atoms with E-state index in [2.05, 4.69) is 22.6 Å². The topological polar surface area (TPSA) is 46.6 Å². The minimum atomic E-state index is -0.232. The van der Waals surface area contributed by atoms with E-state index < -0.39 is 0 Å². The number of amides is 2. The molecule has 146 valence electrons. The van der Waals surface area contributed by atoms with Crippen LogP contribution in [-0.4, -0.2) is 22.6 Å². The maximum atomic E-state index is 12.3. The zero-order valence-corrected chi connectivity index (χ0v) is 19.4. The summed E-state index contributed by atoms with van der Waals surface area (Å²) in [5.74, 6) is 0.479. The first-order chi connectivity index (χ1) is 13.4. The summed E-state index contributed by atoms with van der Waals surface area (Å²) in [4.78, 5) is 26.0. The summed E-state index contributed by atoms with van der Waals surface area (Å²) in [6, 6.07) is 10.9.